The van der Waals surface area contributed by atoms with Crippen LogP contribution in [-0.2, 0) is 11.5 Å². The average molecular weight is 272 g/mol. The number of hydrogen-bond acceptors (Lipinski definition) is 5. The SMILES string of the molecule is c1ccc(-c2noc(CSCc3ccco3)n2)cc1. The van der Waals surface area contributed by atoms with E-state index in [4.69, 9.17) is 8.94 Å². The number of aromatic nitrogens is 2. The van der Waals surface area contributed by atoms with Crippen LogP contribution in [0.15, 0.2) is 57.7 Å². The minimum Gasteiger partial charge on any atom is -0.468 e. The van der Waals surface area contributed by atoms with Crippen molar-refractivity contribution >= 4 is 11.8 Å². The Hall–Kier alpha value is -2.01. The summed E-state index contributed by atoms with van der Waals surface area (Å²) in [4.78, 5) is 4.37. The largest absolute Gasteiger partial charge is 0.468 e. The van der Waals surface area contributed by atoms with E-state index in [2.05, 4.69) is 10.1 Å². The smallest absolute Gasteiger partial charge is 0.236 e. The first-order valence-corrected chi connectivity index (χ1v) is 7.05. The monoisotopic (exact) mass is 272 g/mol. The molecule has 3 rings (SSSR count). The molecule has 0 saturated carbocycles. The maximum Gasteiger partial charge on any atom is 0.236 e. The van der Waals surface area contributed by atoms with E-state index in [9.17, 15) is 0 Å². The molecule has 0 N–H and O–H groups in total. The number of nitrogens with zero attached hydrogens (tertiary/aromatic N) is 2. The van der Waals surface area contributed by atoms with Gasteiger partial charge in [0.1, 0.15) is 5.76 Å². The first-order valence-electron chi connectivity index (χ1n) is 5.90. The maximum atomic E-state index is 5.26. The highest BCUT2D eigenvalue weighted by atomic mass is 32.2. The van der Waals surface area contributed by atoms with Gasteiger partial charge < -0.3 is 8.94 Å². The predicted octanol–water partition coefficient (Wildman–Crippen LogP) is 3.76. The number of thioether (sulfide) groups is 1. The molecule has 0 aliphatic heterocycles. The molecule has 19 heavy (non-hydrogen) atoms. The van der Waals surface area contributed by atoms with E-state index in [0.717, 1.165) is 17.1 Å². The van der Waals surface area contributed by atoms with Gasteiger partial charge in [0.15, 0.2) is 0 Å². The topological polar surface area (TPSA) is 52.1 Å². The van der Waals surface area contributed by atoms with Gasteiger partial charge in [-0.1, -0.05) is 35.5 Å². The fraction of sp³-hybridized carbons (Fsp3) is 0.143. The lowest BCUT2D eigenvalue weighted by atomic mass is 10.2. The average Bonchev–Trinajstić information content (AvgIpc) is 3.11. The van der Waals surface area contributed by atoms with Crippen LogP contribution in [-0.4, -0.2) is 10.1 Å². The van der Waals surface area contributed by atoms with Gasteiger partial charge in [0.25, 0.3) is 0 Å². The lowest BCUT2D eigenvalue weighted by molar-refractivity contribution is 0.391. The molecule has 2 aromatic heterocycles. The summed E-state index contributed by atoms with van der Waals surface area (Å²) < 4.78 is 10.5. The summed E-state index contributed by atoms with van der Waals surface area (Å²) in [7, 11) is 0. The number of rotatable bonds is 5. The molecular formula is C14H12N2O2S. The van der Waals surface area contributed by atoms with Gasteiger partial charge >= 0.3 is 0 Å². The molecule has 3 aromatic rings. The Morgan fingerprint density at radius 3 is 2.68 bits per heavy atom. The van der Waals surface area contributed by atoms with Crippen LogP contribution in [0.25, 0.3) is 11.4 Å². The second-order valence-electron chi connectivity index (χ2n) is 3.95. The fourth-order valence-electron chi connectivity index (χ4n) is 1.65. The van der Waals surface area contributed by atoms with Gasteiger partial charge in [0, 0.05) is 5.56 Å². The Labute approximate surface area is 114 Å². The van der Waals surface area contributed by atoms with Crippen molar-refractivity contribution in [1.29, 1.82) is 0 Å². The van der Waals surface area contributed by atoms with E-state index in [0.29, 0.717) is 17.5 Å². The highest BCUT2D eigenvalue weighted by molar-refractivity contribution is 7.97. The third kappa shape index (κ3) is 3.06. The zero-order valence-corrected chi connectivity index (χ0v) is 11.0. The van der Waals surface area contributed by atoms with Crippen LogP contribution in [0.1, 0.15) is 11.7 Å². The minimum atomic E-state index is 0.634. The van der Waals surface area contributed by atoms with E-state index < -0.39 is 0 Å². The zero-order valence-electron chi connectivity index (χ0n) is 10.2. The molecule has 0 atom stereocenters. The molecule has 2 heterocycles. The van der Waals surface area contributed by atoms with Crippen LogP contribution in [0, 0.1) is 0 Å². The van der Waals surface area contributed by atoms with Gasteiger partial charge in [-0.2, -0.15) is 4.98 Å². The number of furan rings is 1. The van der Waals surface area contributed by atoms with Crippen molar-refractivity contribution in [2.75, 3.05) is 0 Å². The Morgan fingerprint density at radius 2 is 1.89 bits per heavy atom. The number of benzene rings is 1. The van der Waals surface area contributed by atoms with Crippen LogP contribution < -0.4 is 0 Å². The van der Waals surface area contributed by atoms with Crippen LogP contribution in [0.2, 0.25) is 0 Å². The summed E-state index contributed by atoms with van der Waals surface area (Å²) in [5, 5.41) is 3.98. The van der Waals surface area contributed by atoms with Crippen LogP contribution in [0.3, 0.4) is 0 Å². The first-order chi connectivity index (χ1) is 9.42. The Bertz CT molecular complexity index is 620. The predicted molar refractivity (Wildman–Crippen MR) is 73.4 cm³/mol. The lowest BCUT2D eigenvalue weighted by Crippen LogP contribution is -1.83. The first kappa shape index (κ1) is 12.0. The molecule has 0 aliphatic rings. The van der Waals surface area contributed by atoms with Gasteiger partial charge in [0.2, 0.25) is 11.7 Å². The summed E-state index contributed by atoms with van der Waals surface area (Å²) in [6, 6.07) is 13.6. The van der Waals surface area contributed by atoms with Gasteiger partial charge in [-0.25, -0.2) is 0 Å². The van der Waals surface area contributed by atoms with Gasteiger partial charge in [-0.05, 0) is 12.1 Å². The standard InChI is InChI=1S/C14H12N2O2S/c1-2-5-11(6-3-1)14-15-13(18-16-14)10-19-9-12-7-4-8-17-12/h1-8H,9-10H2. The molecule has 96 valence electrons. The summed E-state index contributed by atoms with van der Waals surface area (Å²) in [6.45, 7) is 0. The maximum absolute atomic E-state index is 5.26. The molecule has 0 unspecified atom stereocenters. The van der Waals surface area contributed by atoms with Gasteiger partial charge in [-0.15, -0.1) is 11.8 Å². The third-order valence-corrected chi connectivity index (χ3v) is 3.49. The van der Waals surface area contributed by atoms with Crippen molar-refractivity contribution in [3.63, 3.8) is 0 Å². The molecule has 0 aliphatic carbocycles. The fourth-order valence-corrected chi connectivity index (χ4v) is 2.41. The zero-order chi connectivity index (χ0) is 12.9. The molecular weight excluding hydrogens is 260 g/mol. The second kappa shape index (κ2) is 5.75. The van der Waals surface area contributed by atoms with Crippen molar-refractivity contribution < 1.29 is 8.94 Å². The van der Waals surface area contributed by atoms with Gasteiger partial charge in [-0.3, -0.25) is 0 Å². The van der Waals surface area contributed by atoms with Crippen LogP contribution in [0.5, 0.6) is 0 Å². The summed E-state index contributed by atoms with van der Waals surface area (Å²) >= 11 is 1.68. The molecule has 4 nitrogen and oxygen atoms in total. The molecule has 0 spiro atoms. The van der Waals surface area contributed by atoms with Crippen LogP contribution in [0.4, 0.5) is 0 Å². The van der Waals surface area contributed by atoms with Crippen molar-refractivity contribution in [1.82, 2.24) is 10.1 Å². The van der Waals surface area contributed by atoms with Crippen molar-refractivity contribution in [2.24, 2.45) is 0 Å². The van der Waals surface area contributed by atoms with Crippen molar-refractivity contribution in [3.8, 4) is 11.4 Å². The van der Waals surface area contributed by atoms with Crippen LogP contribution >= 0.6 is 11.8 Å². The Balaban J connectivity index is 1.59. The van der Waals surface area contributed by atoms with E-state index in [1.165, 1.54) is 0 Å². The minimum absolute atomic E-state index is 0.634. The highest BCUT2D eigenvalue weighted by Crippen LogP contribution is 2.20. The lowest BCUT2D eigenvalue weighted by Gasteiger charge is -1.94. The molecule has 0 amide bonds. The van der Waals surface area contributed by atoms with Gasteiger partial charge in [0.05, 0.1) is 17.8 Å². The quantitative estimate of drug-likeness (QED) is 0.707. The molecule has 0 saturated heterocycles. The normalized spacial score (nSPS) is 10.7. The molecule has 0 bridgehead atoms. The summed E-state index contributed by atoms with van der Waals surface area (Å²) in [5.74, 6) is 3.70. The summed E-state index contributed by atoms with van der Waals surface area (Å²) in [5.41, 5.74) is 0.966. The molecule has 0 fully saturated rings. The summed E-state index contributed by atoms with van der Waals surface area (Å²) in [6.07, 6.45) is 1.68. The number of hydrogen-bond donors (Lipinski definition) is 0. The molecule has 5 heteroatoms. The Kier molecular flexibility index (Phi) is 3.65. The van der Waals surface area contributed by atoms with E-state index >= 15 is 0 Å². The van der Waals surface area contributed by atoms with E-state index in [1.807, 2.05) is 42.5 Å². The second-order valence-corrected chi connectivity index (χ2v) is 4.94. The third-order valence-electron chi connectivity index (χ3n) is 2.55. The van der Waals surface area contributed by atoms with Crippen molar-refractivity contribution in [2.45, 2.75) is 11.5 Å². The van der Waals surface area contributed by atoms with E-state index in [1.54, 1.807) is 18.0 Å². The molecule has 0 radical (unpaired) electrons. The van der Waals surface area contributed by atoms with Crippen molar-refractivity contribution in [3.05, 3.63) is 60.4 Å². The molecule has 1 aromatic carbocycles. The Morgan fingerprint density at radius 1 is 1.00 bits per heavy atom. The van der Waals surface area contributed by atoms with E-state index in [-0.39, 0.29) is 0 Å². The highest BCUT2D eigenvalue weighted by Gasteiger charge is 2.08.